The highest BCUT2D eigenvalue weighted by Gasteiger charge is 2.15. The number of H-pyrrole nitrogens is 1. The van der Waals surface area contributed by atoms with Gasteiger partial charge in [0.2, 0.25) is 0 Å². The van der Waals surface area contributed by atoms with Crippen LogP contribution in [0.25, 0.3) is 11.3 Å². The van der Waals surface area contributed by atoms with Crippen LogP contribution in [0.15, 0.2) is 66.7 Å². The van der Waals surface area contributed by atoms with E-state index >= 15 is 0 Å². The molecule has 0 aliphatic carbocycles. The molecule has 3 aromatic rings. The summed E-state index contributed by atoms with van der Waals surface area (Å²) in [6.45, 7) is 2.89. The highest BCUT2D eigenvalue weighted by atomic mass is 16.7. The molecule has 140 valence electrons. The fraction of sp³-hybridized carbons (Fsp3) is 0.227. The molecule has 0 spiro atoms. The maximum absolute atomic E-state index is 12.1. The number of aromatic amines is 1. The van der Waals surface area contributed by atoms with Gasteiger partial charge in [-0.25, -0.2) is 9.86 Å². The Labute approximate surface area is 159 Å². The fourth-order valence-electron chi connectivity index (χ4n) is 2.92. The molecule has 2 aromatic carbocycles. The SMILES string of the molecule is CNC(=O)N(CCc1[nH]c(-c2ccccc2)cc1C)OCc1ccccc1. The number of rotatable bonds is 7. The number of nitrogens with zero attached hydrogens (tertiary/aromatic N) is 1. The summed E-state index contributed by atoms with van der Waals surface area (Å²) >= 11 is 0. The van der Waals surface area contributed by atoms with Gasteiger partial charge in [-0.05, 0) is 29.7 Å². The van der Waals surface area contributed by atoms with Crippen molar-refractivity contribution in [3.63, 3.8) is 0 Å². The highest BCUT2D eigenvalue weighted by Crippen LogP contribution is 2.21. The zero-order valence-electron chi connectivity index (χ0n) is 15.7. The minimum absolute atomic E-state index is 0.251. The van der Waals surface area contributed by atoms with Gasteiger partial charge < -0.3 is 10.3 Å². The van der Waals surface area contributed by atoms with Crippen molar-refractivity contribution in [2.45, 2.75) is 20.0 Å². The fourth-order valence-corrected chi connectivity index (χ4v) is 2.92. The normalized spacial score (nSPS) is 10.6. The smallest absolute Gasteiger partial charge is 0.341 e. The van der Waals surface area contributed by atoms with Crippen LogP contribution in [0, 0.1) is 6.92 Å². The maximum Gasteiger partial charge on any atom is 0.341 e. The molecule has 1 heterocycles. The lowest BCUT2D eigenvalue weighted by atomic mass is 10.1. The standard InChI is InChI=1S/C22H25N3O2/c1-17-15-21(19-11-7-4-8-12-19)24-20(17)13-14-25(22(26)23-2)27-16-18-9-5-3-6-10-18/h3-12,15,24H,13-14,16H2,1-2H3,(H,23,26). The summed E-state index contributed by atoms with van der Waals surface area (Å²) < 4.78 is 0. The molecule has 0 saturated heterocycles. The Hall–Kier alpha value is -3.05. The average Bonchev–Trinajstić information content (AvgIpc) is 3.09. The molecule has 5 nitrogen and oxygen atoms in total. The summed E-state index contributed by atoms with van der Waals surface area (Å²) in [4.78, 5) is 21.4. The van der Waals surface area contributed by atoms with E-state index in [4.69, 9.17) is 4.84 Å². The van der Waals surface area contributed by atoms with E-state index < -0.39 is 0 Å². The third kappa shape index (κ3) is 4.99. The van der Waals surface area contributed by atoms with Gasteiger partial charge in [0.25, 0.3) is 0 Å². The van der Waals surface area contributed by atoms with Gasteiger partial charge in [0, 0.05) is 24.9 Å². The van der Waals surface area contributed by atoms with Crippen molar-refractivity contribution in [2.24, 2.45) is 0 Å². The summed E-state index contributed by atoms with van der Waals surface area (Å²) in [6.07, 6.45) is 0.681. The molecular weight excluding hydrogens is 338 g/mol. The molecule has 0 fully saturated rings. The number of carbonyl (C=O) groups excluding carboxylic acids is 1. The predicted octanol–water partition coefficient (Wildman–Crippen LogP) is 4.31. The molecule has 0 radical (unpaired) electrons. The van der Waals surface area contributed by atoms with Gasteiger partial charge in [0.05, 0.1) is 6.54 Å². The molecule has 3 rings (SSSR count). The van der Waals surface area contributed by atoms with E-state index in [1.807, 2.05) is 48.5 Å². The first-order chi connectivity index (χ1) is 13.2. The topological polar surface area (TPSA) is 57.4 Å². The van der Waals surface area contributed by atoms with E-state index in [2.05, 4.69) is 35.4 Å². The van der Waals surface area contributed by atoms with Crippen molar-refractivity contribution < 1.29 is 9.63 Å². The number of hydrogen-bond donors (Lipinski definition) is 2. The van der Waals surface area contributed by atoms with Crippen molar-refractivity contribution in [1.29, 1.82) is 0 Å². The first-order valence-electron chi connectivity index (χ1n) is 9.07. The molecule has 0 aliphatic heterocycles. The molecule has 0 aliphatic rings. The van der Waals surface area contributed by atoms with Gasteiger partial charge in [0.15, 0.2) is 0 Å². The van der Waals surface area contributed by atoms with Crippen molar-refractivity contribution in [3.05, 3.63) is 83.6 Å². The molecule has 2 amide bonds. The molecule has 27 heavy (non-hydrogen) atoms. The van der Waals surface area contributed by atoms with Crippen LogP contribution in [0.1, 0.15) is 16.8 Å². The van der Waals surface area contributed by atoms with Crippen LogP contribution in [-0.2, 0) is 17.9 Å². The second-order valence-electron chi connectivity index (χ2n) is 6.38. The Morgan fingerprint density at radius 2 is 1.74 bits per heavy atom. The number of amides is 2. The van der Waals surface area contributed by atoms with E-state index in [9.17, 15) is 4.79 Å². The number of hydrogen-bond acceptors (Lipinski definition) is 2. The Kier molecular flexibility index (Phi) is 6.28. The van der Waals surface area contributed by atoms with Crippen LogP contribution in [0.3, 0.4) is 0 Å². The zero-order chi connectivity index (χ0) is 19.1. The summed E-state index contributed by atoms with van der Waals surface area (Å²) in [5.74, 6) is 0. The minimum atomic E-state index is -0.251. The Balaban J connectivity index is 1.65. The number of nitrogens with one attached hydrogen (secondary N) is 2. The number of urea groups is 1. The lowest BCUT2D eigenvalue weighted by Crippen LogP contribution is -2.39. The number of hydroxylamine groups is 2. The van der Waals surface area contributed by atoms with Crippen LogP contribution in [0.4, 0.5) is 4.79 Å². The molecular formula is C22H25N3O2. The average molecular weight is 363 g/mol. The molecule has 0 unspecified atom stereocenters. The minimum Gasteiger partial charge on any atom is -0.358 e. The predicted molar refractivity (Wildman–Crippen MR) is 107 cm³/mol. The second kappa shape index (κ2) is 9.05. The molecule has 0 atom stereocenters. The Morgan fingerprint density at radius 1 is 1.07 bits per heavy atom. The van der Waals surface area contributed by atoms with E-state index in [0.717, 1.165) is 22.5 Å². The molecule has 0 saturated carbocycles. The quantitative estimate of drug-likeness (QED) is 0.615. The van der Waals surface area contributed by atoms with Gasteiger partial charge in [-0.2, -0.15) is 0 Å². The first-order valence-corrected chi connectivity index (χ1v) is 9.07. The molecule has 1 aromatic heterocycles. The van der Waals surface area contributed by atoms with Gasteiger partial charge in [-0.15, -0.1) is 0 Å². The third-order valence-electron chi connectivity index (χ3n) is 4.44. The summed E-state index contributed by atoms with van der Waals surface area (Å²) in [7, 11) is 1.61. The van der Waals surface area contributed by atoms with Crippen molar-refractivity contribution >= 4 is 6.03 Å². The van der Waals surface area contributed by atoms with E-state index in [0.29, 0.717) is 19.6 Å². The lowest BCUT2D eigenvalue weighted by molar-refractivity contribution is -0.127. The van der Waals surface area contributed by atoms with Crippen LogP contribution in [0.5, 0.6) is 0 Å². The van der Waals surface area contributed by atoms with Gasteiger partial charge in [-0.3, -0.25) is 4.84 Å². The highest BCUT2D eigenvalue weighted by molar-refractivity contribution is 5.72. The largest absolute Gasteiger partial charge is 0.358 e. The zero-order valence-corrected chi connectivity index (χ0v) is 15.7. The maximum atomic E-state index is 12.1. The summed E-state index contributed by atoms with van der Waals surface area (Å²) in [5, 5.41) is 4.02. The van der Waals surface area contributed by atoms with Crippen LogP contribution in [-0.4, -0.2) is 29.7 Å². The van der Waals surface area contributed by atoms with Crippen molar-refractivity contribution in [1.82, 2.24) is 15.4 Å². The summed E-state index contributed by atoms with van der Waals surface area (Å²) in [5.41, 5.74) is 5.53. The monoisotopic (exact) mass is 363 g/mol. The Bertz CT molecular complexity index is 860. The lowest BCUT2D eigenvalue weighted by Gasteiger charge is -2.21. The molecule has 0 bridgehead atoms. The van der Waals surface area contributed by atoms with Crippen molar-refractivity contribution in [2.75, 3.05) is 13.6 Å². The van der Waals surface area contributed by atoms with E-state index in [1.165, 1.54) is 10.6 Å². The van der Waals surface area contributed by atoms with Gasteiger partial charge in [-0.1, -0.05) is 60.7 Å². The Morgan fingerprint density at radius 3 is 2.41 bits per heavy atom. The van der Waals surface area contributed by atoms with E-state index in [1.54, 1.807) is 7.05 Å². The first kappa shape index (κ1) is 18.7. The number of aromatic nitrogens is 1. The number of carbonyl (C=O) groups is 1. The van der Waals surface area contributed by atoms with Crippen LogP contribution >= 0.6 is 0 Å². The number of benzene rings is 2. The van der Waals surface area contributed by atoms with Crippen molar-refractivity contribution in [3.8, 4) is 11.3 Å². The second-order valence-corrected chi connectivity index (χ2v) is 6.38. The van der Waals surface area contributed by atoms with E-state index in [-0.39, 0.29) is 6.03 Å². The van der Waals surface area contributed by atoms with Gasteiger partial charge in [0.1, 0.15) is 6.61 Å². The van der Waals surface area contributed by atoms with Crippen LogP contribution < -0.4 is 5.32 Å². The third-order valence-corrected chi connectivity index (χ3v) is 4.44. The molecule has 5 heteroatoms. The number of aryl methyl sites for hydroxylation is 1. The molecule has 2 N–H and O–H groups in total. The summed E-state index contributed by atoms with van der Waals surface area (Å²) in [6, 6.07) is 21.9. The van der Waals surface area contributed by atoms with Crippen LogP contribution in [0.2, 0.25) is 0 Å². The van der Waals surface area contributed by atoms with Gasteiger partial charge >= 0.3 is 6.03 Å².